The Morgan fingerprint density at radius 1 is 1.62 bits per heavy atom. The highest BCUT2D eigenvalue weighted by atomic mass is 16.3. The van der Waals surface area contributed by atoms with Gasteiger partial charge in [0.15, 0.2) is 6.10 Å². The first-order valence-electron chi connectivity index (χ1n) is 4.96. The second-order valence-corrected chi connectivity index (χ2v) is 3.14. The lowest BCUT2D eigenvalue weighted by molar-refractivity contribution is -0.129. The highest BCUT2D eigenvalue weighted by Gasteiger charge is 2.15. The van der Waals surface area contributed by atoms with Crippen molar-refractivity contribution in [3.05, 3.63) is 42.2 Å². The predicted molar refractivity (Wildman–Crippen MR) is 60.4 cm³/mol. The van der Waals surface area contributed by atoms with Crippen molar-refractivity contribution in [1.82, 2.24) is 10.3 Å². The molecule has 1 aromatic rings. The number of aliphatic hydroxyl groups is 1. The van der Waals surface area contributed by atoms with Gasteiger partial charge in [0.1, 0.15) is 0 Å². The summed E-state index contributed by atoms with van der Waals surface area (Å²) in [5.41, 5.74) is 5.71. The molecule has 0 saturated carbocycles. The first-order chi connectivity index (χ1) is 7.75. The number of amides is 1. The van der Waals surface area contributed by atoms with Gasteiger partial charge in [-0.05, 0) is 6.07 Å². The van der Waals surface area contributed by atoms with Gasteiger partial charge in [-0.1, -0.05) is 18.2 Å². The van der Waals surface area contributed by atoms with Gasteiger partial charge >= 0.3 is 0 Å². The van der Waals surface area contributed by atoms with Gasteiger partial charge in [-0.3, -0.25) is 9.78 Å². The first-order valence-corrected chi connectivity index (χ1v) is 4.96. The van der Waals surface area contributed by atoms with Crippen LogP contribution < -0.4 is 11.1 Å². The lowest BCUT2D eigenvalue weighted by Crippen LogP contribution is -2.29. The molecular weight excluding hydrogens is 206 g/mol. The third-order valence-electron chi connectivity index (χ3n) is 1.95. The minimum absolute atomic E-state index is 0.355. The second-order valence-electron chi connectivity index (χ2n) is 3.14. The molecule has 1 atom stereocenters. The molecule has 0 aromatic carbocycles. The standard InChI is InChI=1S/C11H15N3O2/c12-5-1-2-7-14-11(16)10(15)9-4-3-6-13-8-9/h1-4,6,8,10,15H,5,7,12H2,(H,14,16)/b2-1+. The van der Waals surface area contributed by atoms with Crippen LogP contribution in [0.1, 0.15) is 11.7 Å². The maximum Gasteiger partial charge on any atom is 0.253 e. The molecule has 0 aliphatic rings. The first kappa shape index (κ1) is 12.4. The van der Waals surface area contributed by atoms with Gasteiger partial charge in [0.05, 0.1) is 0 Å². The maximum atomic E-state index is 11.5. The summed E-state index contributed by atoms with van der Waals surface area (Å²) in [6.45, 7) is 0.786. The Hall–Kier alpha value is -1.72. The van der Waals surface area contributed by atoms with E-state index in [9.17, 15) is 9.90 Å². The van der Waals surface area contributed by atoms with Crippen LogP contribution in [-0.2, 0) is 4.79 Å². The number of nitrogens with zero attached hydrogens (tertiary/aromatic N) is 1. The SMILES string of the molecule is NC/C=C/CNC(=O)C(O)c1cccnc1. The quantitative estimate of drug-likeness (QED) is 0.598. The van der Waals surface area contributed by atoms with Crippen molar-refractivity contribution in [3.63, 3.8) is 0 Å². The Morgan fingerprint density at radius 2 is 2.44 bits per heavy atom. The van der Waals surface area contributed by atoms with Crippen molar-refractivity contribution in [2.75, 3.05) is 13.1 Å². The molecule has 1 unspecified atom stereocenters. The molecule has 16 heavy (non-hydrogen) atoms. The zero-order chi connectivity index (χ0) is 11.8. The molecule has 1 heterocycles. The number of pyridine rings is 1. The largest absolute Gasteiger partial charge is 0.378 e. The maximum absolute atomic E-state index is 11.5. The number of rotatable bonds is 5. The Bertz CT molecular complexity index is 352. The van der Waals surface area contributed by atoms with Gasteiger partial charge in [0.2, 0.25) is 0 Å². The molecule has 1 aromatic heterocycles. The van der Waals surface area contributed by atoms with Crippen molar-refractivity contribution in [2.24, 2.45) is 5.73 Å². The highest BCUT2D eigenvalue weighted by molar-refractivity contribution is 5.81. The second kappa shape index (κ2) is 6.71. The van der Waals surface area contributed by atoms with Crippen molar-refractivity contribution in [2.45, 2.75) is 6.10 Å². The highest BCUT2D eigenvalue weighted by Crippen LogP contribution is 2.09. The molecule has 1 amide bonds. The summed E-state index contributed by atoms with van der Waals surface area (Å²) in [6, 6.07) is 3.31. The van der Waals surface area contributed by atoms with E-state index in [0.717, 1.165) is 0 Å². The number of nitrogens with one attached hydrogen (secondary N) is 1. The van der Waals surface area contributed by atoms with Crippen molar-refractivity contribution >= 4 is 5.91 Å². The van der Waals surface area contributed by atoms with E-state index in [-0.39, 0.29) is 0 Å². The van der Waals surface area contributed by atoms with Crippen LogP contribution in [0, 0.1) is 0 Å². The Balaban J connectivity index is 2.45. The molecule has 86 valence electrons. The molecule has 0 aliphatic carbocycles. The number of nitrogens with two attached hydrogens (primary N) is 1. The van der Waals surface area contributed by atoms with Crippen LogP contribution in [0.2, 0.25) is 0 Å². The minimum Gasteiger partial charge on any atom is -0.378 e. The van der Waals surface area contributed by atoms with Crippen LogP contribution >= 0.6 is 0 Å². The number of carbonyl (C=O) groups is 1. The minimum atomic E-state index is -1.18. The monoisotopic (exact) mass is 221 g/mol. The van der Waals surface area contributed by atoms with Gasteiger partial charge in [-0.2, -0.15) is 0 Å². The average Bonchev–Trinajstić information content (AvgIpc) is 2.34. The summed E-state index contributed by atoms with van der Waals surface area (Å²) < 4.78 is 0. The van der Waals surface area contributed by atoms with Crippen LogP contribution in [0.3, 0.4) is 0 Å². The molecule has 4 N–H and O–H groups in total. The lowest BCUT2D eigenvalue weighted by atomic mass is 10.1. The van der Waals surface area contributed by atoms with Gasteiger partial charge in [0, 0.05) is 31.0 Å². The molecule has 0 spiro atoms. The lowest BCUT2D eigenvalue weighted by Gasteiger charge is -2.09. The molecule has 0 radical (unpaired) electrons. The number of hydrogen-bond acceptors (Lipinski definition) is 4. The topological polar surface area (TPSA) is 88.2 Å². The van der Waals surface area contributed by atoms with E-state index in [0.29, 0.717) is 18.7 Å². The zero-order valence-electron chi connectivity index (χ0n) is 8.84. The number of aliphatic hydroxyl groups excluding tert-OH is 1. The number of hydrogen-bond donors (Lipinski definition) is 3. The summed E-state index contributed by atoms with van der Waals surface area (Å²) in [5, 5.41) is 12.2. The van der Waals surface area contributed by atoms with E-state index < -0.39 is 12.0 Å². The fraction of sp³-hybridized carbons (Fsp3) is 0.273. The fourth-order valence-electron chi connectivity index (χ4n) is 1.12. The van der Waals surface area contributed by atoms with Gasteiger partial charge in [-0.25, -0.2) is 0 Å². The number of carbonyl (C=O) groups excluding carboxylic acids is 1. The normalized spacial score (nSPS) is 12.6. The molecule has 1 rings (SSSR count). The smallest absolute Gasteiger partial charge is 0.253 e. The van der Waals surface area contributed by atoms with Crippen LogP contribution in [0.25, 0.3) is 0 Å². The Morgan fingerprint density at radius 3 is 3.06 bits per heavy atom. The predicted octanol–water partition coefficient (Wildman–Crippen LogP) is -0.254. The van der Waals surface area contributed by atoms with Gasteiger partial charge < -0.3 is 16.2 Å². The molecule has 0 fully saturated rings. The summed E-state index contributed by atoms with van der Waals surface area (Å²) in [4.78, 5) is 15.3. The van der Waals surface area contributed by atoms with Crippen LogP contribution in [0.5, 0.6) is 0 Å². The average molecular weight is 221 g/mol. The van der Waals surface area contributed by atoms with Crippen LogP contribution in [0.15, 0.2) is 36.7 Å². The van der Waals surface area contributed by atoms with Crippen LogP contribution in [-0.4, -0.2) is 29.1 Å². The van der Waals surface area contributed by atoms with Gasteiger partial charge in [-0.15, -0.1) is 0 Å². The van der Waals surface area contributed by atoms with Crippen molar-refractivity contribution in [1.29, 1.82) is 0 Å². The molecule has 0 bridgehead atoms. The van der Waals surface area contributed by atoms with E-state index in [1.165, 1.54) is 6.20 Å². The molecular formula is C11H15N3O2. The van der Waals surface area contributed by atoms with Gasteiger partial charge in [0.25, 0.3) is 5.91 Å². The van der Waals surface area contributed by atoms with E-state index >= 15 is 0 Å². The molecule has 0 saturated heterocycles. The summed E-state index contributed by atoms with van der Waals surface area (Å²) in [6.07, 6.45) is 5.32. The summed E-state index contributed by atoms with van der Waals surface area (Å²) in [5.74, 6) is -0.449. The van der Waals surface area contributed by atoms with Crippen LogP contribution in [0.4, 0.5) is 0 Å². The third kappa shape index (κ3) is 3.80. The number of aromatic nitrogens is 1. The summed E-state index contributed by atoms with van der Waals surface area (Å²) in [7, 11) is 0. The third-order valence-corrected chi connectivity index (χ3v) is 1.95. The Labute approximate surface area is 94.0 Å². The summed E-state index contributed by atoms with van der Waals surface area (Å²) >= 11 is 0. The fourth-order valence-corrected chi connectivity index (χ4v) is 1.12. The molecule has 0 aliphatic heterocycles. The Kier molecular flexibility index (Phi) is 5.18. The van der Waals surface area contributed by atoms with E-state index in [2.05, 4.69) is 10.3 Å². The zero-order valence-corrected chi connectivity index (χ0v) is 8.84. The molecule has 5 nitrogen and oxygen atoms in total. The van der Waals surface area contributed by atoms with Crippen molar-refractivity contribution < 1.29 is 9.90 Å². The van der Waals surface area contributed by atoms with E-state index in [4.69, 9.17) is 5.73 Å². The van der Waals surface area contributed by atoms with E-state index in [1.807, 2.05) is 0 Å². The molecule has 5 heteroatoms. The van der Waals surface area contributed by atoms with E-state index in [1.54, 1.807) is 30.5 Å². The van der Waals surface area contributed by atoms with Crippen molar-refractivity contribution in [3.8, 4) is 0 Å².